The predicted octanol–water partition coefficient (Wildman–Crippen LogP) is 3.71. The van der Waals surface area contributed by atoms with Crippen LogP contribution in [0.25, 0.3) is 0 Å². The van der Waals surface area contributed by atoms with Crippen molar-refractivity contribution < 1.29 is 8.78 Å². The molecule has 1 heterocycles. The number of aromatic nitrogens is 1. The number of benzene rings is 1. The molecule has 0 radical (unpaired) electrons. The molecule has 1 unspecified atom stereocenters. The third kappa shape index (κ3) is 3.68. The van der Waals surface area contributed by atoms with Crippen LogP contribution in [-0.4, -0.2) is 4.57 Å². The quantitative estimate of drug-likeness (QED) is 0.911. The fraction of sp³-hybridized carbons (Fsp3) is 0.312. The third-order valence-electron chi connectivity index (χ3n) is 3.26. The number of pyridine rings is 1. The maximum atomic E-state index is 13.7. The number of hydrogen-bond donors (Lipinski definition) is 1. The zero-order chi connectivity index (χ0) is 15.4. The van der Waals surface area contributed by atoms with E-state index >= 15 is 0 Å². The molecule has 0 aliphatic heterocycles. The first-order valence-electron chi connectivity index (χ1n) is 6.93. The van der Waals surface area contributed by atoms with Gasteiger partial charge in [0, 0.05) is 30.4 Å². The average molecular weight is 292 g/mol. The van der Waals surface area contributed by atoms with E-state index in [0.717, 1.165) is 18.2 Å². The molecule has 2 rings (SSSR count). The number of aryl methyl sites for hydroxylation is 1. The van der Waals surface area contributed by atoms with Crippen molar-refractivity contribution in [2.24, 2.45) is 0 Å². The minimum Gasteiger partial charge on any atom is -0.377 e. The van der Waals surface area contributed by atoms with Gasteiger partial charge < -0.3 is 9.88 Å². The highest BCUT2D eigenvalue weighted by molar-refractivity contribution is 5.43. The van der Waals surface area contributed by atoms with Gasteiger partial charge in [-0.25, -0.2) is 8.78 Å². The lowest BCUT2D eigenvalue weighted by Gasteiger charge is -2.17. The second-order valence-electron chi connectivity index (χ2n) is 4.98. The van der Waals surface area contributed by atoms with Crippen molar-refractivity contribution >= 4 is 5.69 Å². The van der Waals surface area contributed by atoms with Crippen LogP contribution < -0.4 is 10.9 Å². The maximum absolute atomic E-state index is 13.7. The average Bonchev–Trinajstić information content (AvgIpc) is 2.42. The van der Waals surface area contributed by atoms with Crippen molar-refractivity contribution in [1.29, 1.82) is 0 Å². The van der Waals surface area contributed by atoms with Gasteiger partial charge in [0.2, 0.25) is 0 Å². The largest absolute Gasteiger partial charge is 0.377 e. The Bertz CT molecular complexity index is 682. The molecule has 0 bridgehead atoms. The lowest BCUT2D eigenvalue weighted by molar-refractivity contribution is 0.566. The Morgan fingerprint density at radius 1 is 1.24 bits per heavy atom. The van der Waals surface area contributed by atoms with Crippen molar-refractivity contribution in [3.63, 3.8) is 0 Å². The zero-order valence-electron chi connectivity index (χ0n) is 12.1. The van der Waals surface area contributed by atoms with Crippen LogP contribution in [0.5, 0.6) is 0 Å². The fourth-order valence-electron chi connectivity index (χ4n) is 2.21. The lowest BCUT2D eigenvalue weighted by atomic mass is 10.1. The molecule has 21 heavy (non-hydrogen) atoms. The lowest BCUT2D eigenvalue weighted by Crippen LogP contribution is -2.19. The van der Waals surface area contributed by atoms with Crippen LogP contribution in [0.4, 0.5) is 14.5 Å². The van der Waals surface area contributed by atoms with E-state index in [1.165, 1.54) is 18.2 Å². The highest BCUT2D eigenvalue weighted by atomic mass is 19.1. The monoisotopic (exact) mass is 292 g/mol. The van der Waals surface area contributed by atoms with Crippen LogP contribution in [0.2, 0.25) is 0 Å². The highest BCUT2D eigenvalue weighted by Crippen LogP contribution is 2.21. The molecule has 112 valence electrons. The predicted molar refractivity (Wildman–Crippen MR) is 79.4 cm³/mol. The molecule has 0 saturated heterocycles. The van der Waals surface area contributed by atoms with E-state index in [1.807, 2.05) is 6.92 Å². The van der Waals surface area contributed by atoms with Crippen LogP contribution in [0.15, 0.2) is 41.3 Å². The van der Waals surface area contributed by atoms with E-state index in [4.69, 9.17) is 0 Å². The summed E-state index contributed by atoms with van der Waals surface area (Å²) in [6.07, 6.45) is 2.56. The number of nitrogens with one attached hydrogen (secondary N) is 1. The third-order valence-corrected chi connectivity index (χ3v) is 3.26. The van der Waals surface area contributed by atoms with Gasteiger partial charge in [0.05, 0.1) is 11.7 Å². The molecule has 2 aromatic rings. The summed E-state index contributed by atoms with van der Waals surface area (Å²) in [5, 5.41) is 3.12. The molecule has 3 nitrogen and oxygen atoms in total. The van der Waals surface area contributed by atoms with Gasteiger partial charge in [0.1, 0.15) is 11.6 Å². The number of rotatable bonds is 5. The minimum atomic E-state index is -0.597. The van der Waals surface area contributed by atoms with E-state index in [1.54, 1.807) is 23.8 Å². The maximum Gasteiger partial charge on any atom is 0.250 e. The molecule has 1 aromatic carbocycles. The molecule has 0 aliphatic rings. The molecule has 1 N–H and O–H groups in total. The Hall–Kier alpha value is -2.17. The summed E-state index contributed by atoms with van der Waals surface area (Å²) in [6, 6.07) is 6.32. The zero-order valence-corrected chi connectivity index (χ0v) is 12.1. The Morgan fingerprint density at radius 2 is 2.00 bits per heavy atom. The summed E-state index contributed by atoms with van der Waals surface area (Å²) in [5.41, 5.74) is 1.03. The van der Waals surface area contributed by atoms with Gasteiger partial charge in [-0.05, 0) is 25.5 Å². The summed E-state index contributed by atoms with van der Waals surface area (Å²) in [7, 11) is 0. The van der Waals surface area contributed by atoms with Crippen LogP contribution >= 0.6 is 0 Å². The van der Waals surface area contributed by atoms with Crippen molar-refractivity contribution in [2.45, 2.75) is 32.9 Å². The van der Waals surface area contributed by atoms with Gasteiger partial charge in [0.15, 0.2) is 0 Å². The Balaban J connectivity index is 2.21. The smallest absolute Gasteiger partial charge is 0.250 e. The number of nitrogens with zero attached hydrogens (tertiary/aromatic N) is 1. The van der Waals surface area contributed by atoms with E-state index < -0.39 is 11.6 Å². The van der Waals surface area contributed by atoms with E-state index in [0.29, 0.717) is 12.1 Å². The SMILES string of the molecule is CCCn1cc(NC(C)c2ccc(F)cc2F)ccc1=O. The molecule has 5 heteroatoms. The first-order chi connectivity index (χ1) is 10.0. The van der Waals surface area contributed by atoms with E-state index in [-0.39, 0.29) is 11.6 Å². The summed E-state index contributed by atoms with van der Waals surface area (Å²) in [6.45, 7) is 4.41. The van der Waals surface area contributed by atoms with Gasteiger partial charge >= 0.3 is 0 Å². The molecule has 1 atom stereocenters. The second kappa shape index (κ2) is 6.52. The Morgan fingerprint density at radius 3 is 2.67 bits per heavy atom. The van der Waals surface area contributed by atoms with Crippen molar-refractivity contribution in [3.8, 4) is 0 Å². The molecule has 1 aromatic heterocycles. The molecule has 0 aliphatic carbocycles. The molecular formula is C16H18F2N2O. The number of anilines is 1. The molecular weight excluding hydrogens is 274 g/mol. The van der Waals surface area contributed by atoms with Gasteiger partial charge in [-0.1, -0.05) is 13.0 Å². The van der Waals surface area contributed by atoms with Crippen LogP contribution in [0.3, 0.4) is 0 Å². The van der Waals surface area contributed by atoms with Crippen LogP contribution in [0.1, 0.15) is 31.9 Å². The van der Waals surface area contributed by atoms with Crippen molar-refractivity contribution in [2.75, 3.05) is 5.32 Å². The summed E-state index contributed by atoms with van der Waals surface area (Å²) >= 11 is 0. The van der Waals surface area contributed by atoms with Gasteiger partial charge in [0.25, 0.3) is 5.56 Å². The topological polar surface area (TPSA) is 34.0 Å². The normalized spacial score (nSPS) is 12.2. The first-order valence-corrected chi connectivity index (χ1v) is 6.93. The number of hydrogen-bond acceptors (Lipinski definition) is 2. The van der Waals surface area contributed by atoms with Crippen LogP contribution in [-0.2, 0) is 6.54 Å². The van der Waals surface area contributed by atoms with Gasteiger partial charge in [-0.15, -0.1) is 0 Å². The summed E-state index contributed by atoms with van der Waals surface area (Å²) in [4.78, 5) is 11.6. The fourth-order valence-corrected chi connectivity index (χ4v) is 2.21. The van der Waals surface area contributed by atoms with Gasteiger partial charge in [-0.3, -0.25) is 4.79 Å². The summed E-state index contributed by atoms with van der Waals surface area (Å²) < 4.78 is 28.3. The number of halogens is 2. The molecule has 0 fully saturated rings. The standard InChI is InChI=1S/C16H18F2N2O/c1-3-8-20-10-13(5-7-16(20)21)19-11(2)14-6-4-12(17)9-15(14)18/h4-7,9-11,19H,3,8H2,1-2H3. The second-order valence-corrected chi connectivity index (χ2v) is 4.98. The molecule has 0 spiro atoms. The first kappa shape index (κ1) is 15.2. The van der Waals surface area contributed by atoms with E-state index in [2.05, 4.69) is 5.32 Å². The Labute approximate surface area is 122 Å². The summed E-state index contributed by atoms with van der Waals surface area (Å²) in [5.74, 6) is -1.18. The van der Waals surface area contributed by atoms with Crippen molar-refractivity contribution in [1.82, 2.24) is 4.57 Å². The minimum absolute atomic E-state index is 0.0667. The van der Waals surface area contributed by atoms with Crippen LogP contribution in [0, 0.1) is 11.6 Å². The Kier molecular flexibility index (Phi) is 4.73. The molecule has 0 amide bonds. The van der Waals surface area contributed by atoms with E-state index in [9.17, 15) is 13.6 Å². The van der Waals surface area contributed by atoms with Crippen molar-refractivity contribution in [3.05, 3.63) is 64.1 Å². The molecule has 0 saturated carbocycles. The van der Waals surface area contributed by atoms with Gasteiger partial charge in [-0.2, -0.15) is 0 Å². The highest BCUT2D eigenvalue weighted by Gasteiger charge is 2.12.